The second-order valence-corrected chi connectivity index (χ2v) is 10.2. The predicted molar refractivity (Wildman–Crippen MR) is 113 cm³/mol. The molecule has 2 heteroatoms. The van der Waals surface area contributed by atoms with Crippen LogP contribution in [-0.4, -0.2) is 17.3 Å². The Bertz CT molecular complexity index is 592. The average molecular weight is 373 g/mol. The Balaban J connectivity index is 1.65. The van der Waals surface area contributed by atoms with Crippen LogP contribution in [0.4, 0.5) is 0 Å². The maximum absolute atomic E-state index is 10.0. The summed E-state index contributed by atoms with van der Waals surface area (Å²) in [6.07, 6.45) is 19.8. The summed E-state index contributed by atoms with van der Waals surface area (Å²) in [5.74, 6) is 2.36. The molecule has 0 aromatic rings. The van der Waals surface area contributed by atoms with Gasteiger partial charge in [0.2, 0.25) is 0 Å². The molecule has 2 nitrogen and oxygen atoms in total. The van der Waals surface area contributed by atoms with E-state index >= 15 is 0 Å². The van der Waals surface area contributed by atoms with E-state index in [9.17, 15) is 5.11 Å². The molecule has 152 valence electrons. The van der Waals surface area contributed by atoms with Gasteiger partial charge in [-0.3, -0.25) is 0 Å². The highest BCUT2D eigenvalue weighted by atomic mass is 16.5. The lowest BCUT2D eigenvalue weighted by molar-refractivity contribution is 0.0597. The molecule has 2 aliphatic carbocycles. The van der Waals surface area contributed by atoms with Gasteiger partial charge in [-0.15, -0.1) is 0 Å². The summed E-state index contributed by atoms with van der Waals surface area (Å²) in [5, 5.41) is 10.0. The van der Waals surface area contributed by atoms with Crippen LogP contribution in [0.5, 0.6) is 0 Å². The zero-order valence-corrected chi connectivity index (χ0v) is 18.0. The maximum atomic E-state index is 10.0. The summed E-state index contributed by atoms with van der Waals surface area (Å²) < 4.78 is 5.44. The number of ether oxygens (including phenoxy) is 1. The molecule has 0 saturated heterocycles. The maximum Gasteiger partial charge on any atom is 0.109 e. The van der Waals surface area contributed by atoms with E-state index in [0.29, 0.717) is 5.41 Å². The Morgan fingerprint density at radius 3 is 2.85 bits per heavy atom. The summed E-state index contributed by atoms with van der Waals surface area (Å²) >= 11 is 0. The van der Waals surface area contributed by atoms with Crippen molar-refractivity contribution in [3.8, 4) is 0 Å². The molecule has 4 atom stereocenters. The Labute approximate surface area is 166 Å². The summed E-state index contributed by atoms with van der Waals surface area (Å²) in [5.41, 5.74) is 3.04. The zero-order valence-electron chi connectivity index (χ0n) is 18.0. The third kappa shape index (κ3) is 5.08. The lowest BCUT2D eigenvalue weighted by Crippen LogP contribution is -2.36. The first-order chi connectivity index (χ1) is 12.8. The molecule has 0 amide bonds. The number of allylic oxidation sites excluding steroid dienone is 4. The minimum atomic E-state index is -0.520. The quantitative estimate of drug-likeness (QED) is 0.571. The second-order valence-electron chi connectivity index (χ2n) is 10.2. The molecule has 27 heavy (non-hydrogen) atoms. The van der Waals surface area contributed by atoms with Crippen LogP contribution in [0.15, 0.2) is 35.6 Å². The lowest BCUT2D eigenvalue weighted by atomic mass is 9.60. The fraction of sp³-hybridized carbons (Fsp3) is 0.760. The number of fused-ring (bicyclic) bond motifs is 1. The van der Waals surface area contributed by atoms with Crippen LogP contribution in [-0.2, 0) is 4.74 Å². The SMILES string of the molecule is C[C@H](CCCC(C)(C)O)[C@H]1CC[C@H]2/C(=C/C=C3\CC=COC3)CCC[C@]12C. The van der Waals surface area contributed by atoms with Crippen molar-refractivity contribution in [2.24, 2.45) is 23.2 Å². The van der Waals surface area contributed by atoms with Gasteiger partial charge >= 0.3 is 0 Å². The molecule has 1 aliphatic heterocycles. The van der Waals surface area contributed by atoms with E-state index in [1.165, 1.54) is 44.1 Å². The highest BCUT2D eigenvalue weighted by molar-refractivity contribution is 5.26. The molecular weight excluding hydrogens is 332 g/mol. The Hall–Kier alpha value is -1.02. The molecule has 2 saturated carbocycles. The highest BCUT2D eigenvalue weighted by Gasteiger charge is 2.50. The largest absolute Gasteiger partial charge is 0.497 e. The van der Waals surface area contributed by atoms with Crippen molar-refractivity contribution in [2.75, 3.05) is 6.61 Å². The first kappa shape index (κ1) is 20.7. The molecule has 1 heterocycles. The highest BCUT2D eigenvalue weighted by Crippen LogP contribution is 2.59. The minimum Gasteiger partial charge on any atom is -0.497 e. The van der Waals surface area contributed by atoms with Gasteiger partial charge < -0.3 is 9.84 Å². The molecule has 0 spiro atoms. The summed E-state index contributed by atoms with van der Waals surface area (Å²) in [6, 6.07) is 0. The number of rotatable bonds is 6. The van der Waals surface area contributed by atoms with E-state index in [2.05, 4.69) is 32.1 Å². The van der Waals surface area contributed by atoms with Gasteiger partial charge in [-0.05, 0) is 93.6 Å². The second kappa shape index (κ2) is 8.55. The van der Waals surface area contributed by atoms with Crippen molar-refractivity contribution < 1.29 is 9.84 Å². The van der Waals surface area contributed by atoms with Crippen LogP contribution >= 0.6 is 0 Å². The molecule has 0 bridgehead atoms. The van der Waals surface area contributed by atoms with E-state index < -0.39 is 5.60 Å². The molecule has 0 aromatic heterocycles. The predicted octanol–water partition coefficient (Wildman–Crippen LogP) is 6.57. The van der Waals surface area contributed by atoms with Crippen molar-refractivity contribution in [3.63, 3.8) is 0 Å². The van der Waals surface area contributed by atoms with Crippen molar-refractivity contribution in [1.82, 2.24) is 0 Å². The van der Waals surface area contributed by atoms with Gasteiger partial charge in [-0.1, -0.05) is 44.4 Å². The molecular formula is C25H40O2. The molecule has 0 unspecified atom stereocenters. The van der Waals surface area contributed by atoms with Crippen molar-refractivity contribution in [3.05, 3.63) is 35.6 Å². The molecule has 0 aromatic carbocycles. The lowest BCUT2D eigenvalue weighted by Gasteiger charge is -2.44. The van der Waals surface area contributed by atoms with Crippen molar-refractivity contribution in [1.29, 1.82) is 0 Å². The Morgan fingerprint density at radius 1 is 1.33 bits per heavy atom. The third-order valence-electron chi connectivity index (χ3n) is 7.55. The molecule has 0 radical (unpaired) electrons. The first-order valence-corrected chi connectivity index (χ1v) is 11.2. The van der Waals surface area contributed by atoms with Crippen LogP contribution in [0.1, 0.15) is 85.5 Å². The number of hydrogen-bond donors (Lipinski definition) is 1. The van der Waals surface area contributed by atoms with Crippen molar-refractivity contribution in [2.45, 2.75) is 91.1 Å². The fourth-order valence-corrected chi connectivity index (χ4v) is 6.09. The van der Waals surface area contributed by atoms with Crippen LogP contribution in [0.2, 0.25) is 0 Å². The average Bonchev–Trinajstić information content (AvgIpc) is 2.97. The van der Waals surface area contributed by atoms with E-state index in [0.717, 1.165) is 43.6 Å². The van der Waals surface area contributed by atoms with Gasteiger partial charge in [0.1, 0.15) is 6.61 Å². The molecule has 2 fully saturated rings. The van der Waals surface area contributed by atoms with Gasteiger partial charge in [0, 0.05) is 0 Å². The Morgan fingerprint density at radius 2 is 2.15 bits per heavy atom. The first-order valence-electron chi connectivity index (χ1n) is 11.2. The van der Waals surface area contributed by atoms with Gasteiger partial charge in [0.15, 0.2) is 0 Å². The fourth-order valence-electron chi connectivity index (χ4n) is 6.09. The standard InChI is InChI=1S/C25H40O2/c1-19(8-5-15-24(2,3)26)22-13-14-23-21(10-6-16-25(22,23)4)12-11-20-9-7-17-27-18-20/h7,11-12,17,19,22-23,26H,5-6,8-10,13-16,18H2,1-4H3/b20-11+,21-12+/t19-,22-,23+,25-/m1/s1. The van der Waals surface area contributed by atoms with Gasteiger partial charge in [0.25, 0.3) is 0 Å². The van der Waals surface area contributed by atoms with Crippen LogP contribution < -0.4 is 0 Å². The smallest absolute Gasteiger partial charge is 0.109 e. The van der Waals surface area contributed by atoms with Crippen LogP contribution in [0.3, 0.4) is 0 Å². The molecule has 3 rings (SSSR count). The van der Waals surface area contributed by atoms with E-state index in [1.54, 1.807) is 5.57 Å². The number of aliphatic hydroxyl groups is 1. The summed E-state index contributed by atoms with van der Waals surface area (Å²) in [6.45, 7) is 9.67. The third-order valence-corrected chi connectivity index (χ3v) is 7.55. The Kier molecular flexibility index (Phi) is 6.56. The summed E-state index contributed by atoms with van der Waals surface area (Å²) in [4.78, 5) is 0. The topological polar surface area (TPSA) is 29.5 Å². The molecule has 3 aliphatic rings. The summed E-state index contributed by atoms with van der Waals surface area (Å²) in [7, 11) is 0. The normalized spacial score (nSPS) is 35.3. The van der Waals surface area contributed by atoms with Gasteiger partial charge in [-0.2, -0.15) is 0 Å². The number of hydrogen-bond acceptors (Lipinski definition) is 2. The minimum absolute atomic E-state index is 0.472. The molecule has 1 N–H and O–H groups in total. The van der Waals surface area contributed by atoms with Crippen LogP contribution in [0.25, 0.3) is 0 Å². The van der Waals surface area contributed by atoms with E-state index in [4.69, 9.17) is 4.74 Å². The van der Waals surface area contributed by atoms with Crippen molar-refractivity contribution >= 4 is 0 Å². The van der Waals surface area contributed by atoms with Gasteiger partial charge in [-0.25, -0.2) is 0 Å². The van der Waals surface area contributed by atoms with E-state index in [-0.39, 0.29) is 0 Å². The van der Waals surface area contributed by atoms with Gasteiger partial charge in [0.05, 0.1) is 11.9 Å². The zero-order chi connectivity index (χ0) is 19.5. The monoisotopic (exact) mass is 372 g/mol. The van der Waals surface area contributed by atoms with Crippen LogP contribution in [0, 0.1) is 23.2 Å². The van der Waals surface area contributed by atoms with E-state index in [1.807, 2.05) is 20.1 Å².